The van der Waals surface area contributed by atoms with E-state index < -0.39 is 17.9 Å². The fourth-order valence-corrected chi connectivity index (χ4v) is 2.62. The van der Waals surface area contributed by atoms with Crippen molar-refractivity contribution in [2.45, 2.75) is 31.5 Å². The van der Waals surface area contributed by atoms with Crippen molar-refractivity contribution in [3.05, 3.63) is 41.3 Å². The number of hydrogen-bond acceptors (Lipinski definition) is 2. The van der Waals surface area contributed by atoms with Crippen LogP contribution in [-0.4, -0.2) is 16.5 Å². The van der Waals surface area contributed by atoms with Crippen molar-refractivity contribution in [1.82, 2.24) is 0 Å². The van der Waals surface area contributed by atoms with Gasteiger partial charge in [0, 0.05) is 5.41 Å². The van der Waals surface area contributed by atoms with Gasteiger partial charge in [-0.3, -0.25) is 0 Å². The van der Waals surface area contributed by atoms with Gasteiger partial charge in [-0.2, -0.15) is 0 Å². The van der Waals surface area contributed by atoms with Gasteiger partial charge in [0.2, 0.25) is 0 Å². The van der Waals surface area contributed by atoms with E-state index in [2.05, 4.69) is 31.1 Å². The Morgan fingerprint density at radius 2 is 1.67 bits per heavy atom. The smallest absolute Gasteiger partial charge is 0.200 e. The van der Waals surface area contributed by atoms with Crippen LogP contribution in [0.5, 0.6) is 0 Å². The van der Waals surface area contributed by atoms with Crippen LogP contribution in [0.3, 0.4) is 0 Å². The van der Waals surface area contributed by atoms with Gasteiger partial charge in [-0.15, -0.1) is 5.54 Å². The van der Waals surface area contributed by atoms with Crippen molar-refractivity contribution in [3.8, 4) is 11.5 Å². The maximum absolute atomic E-state index is 11.9. The summed E-state index contributed by atoms with van der Waals surface area (Å²) in [5, 5.41) is 1.17. The second-order valence-corrected chi connectivity index (χ2v) is 11.8. The Morgan fingerprint density at radius 3 is 2.17 bits per heavy atom. The van der Waals surface area contributed by atoms with Gasteiger partial charge in [0.15, 0.2) is 9.84 Å². The van der Waals surface area contributed by atoms with Crippen LogP contribution in [0.15, 0.2) is 40.6 Å². The zero-order valence-electron chi connectivity index (χ0n) is 11.2. The van der Waals surface area contributed by atoms with Gasteiger partial charge in [-0.1, -0.05) is 43.3 Å². The number of aryl methyl sites for hydroxylation is 1. The molecule has 0 heterocycles. The van der Waals surface area contributed by atoms with Crippen molar-refractivity contribution in [2.24, 2.45) is 0 Å². The summed E-state index contributed by atoms with van der Waals surface area (Å²) in [5.41, 5.74) is 4.13. The molecule has 0 bridgehead atoms. The number of rotatable bonds is 2. The number of allylic oxidation sites excluding steroid dienone is 1. The molecule has 0 spiro atoms. The zero-order valence-corrected chi connectivity index (χ0v) is 13.0. The lowest BCUT2D eigenvalue weighted by Crippen LogP contribution is -2.16. The zero-order chi connectivity index (χ0) is 13.8. The third-order valence-electron chi connectivity index (χ3n) is 2.13. The van der Waals surface area contributed by atoms with Gasteiger partial charge < -0.3 is 0 Å². The van der Waals surface area contributed by atoms with E-state index >= 15 is 0 Å². The monoisotopic (exact) mass is 278 g/mol. The molecule has 1 aromatic rings. The first kappa shape index (κ1) is 14.7. The number of benzene rings is 1. The van der Waals surface area contributed by atoms with E-state index in [-0.39, 0.29) is 0 Å². The van der Waals surface area contributed by atoms with Crippen LogP contribution in [0.25, 0.3) is 0 Å². The molecule has 0 unspecified atom stereocenters. The Labute approximate surface area is 111 Å². The summed E-state index contributed by atoms with van der Waals surface area (Å²) in [7, 11) is -4.81. The van der Waals surface area contributed by atoms with Crippen LogP contribution < -0.4 is 0 Å². The molecule has 1 rings (SSSR count). The van der Waals surface area contributed by atoms with E-state index in [9.17, 15) is 8.42 Å². The SMILES string of the molecule is Cc1ccc(S(=O)(=O)/C=C/C#C[Si](C)(C)C)cc1. The summed E-state index contributed by atoms with van der Waals surface area (Å²) in [5.74, 6) is 2.81. The fraction of sp³-hybridized carbons (Fsp3) is 0.286. The Kier molecular flexibility index (Phi) is 4.55. The molecule has 0 radical (unpaired) electrons. The highest BCUT2D eigenvalue weighted by atomic mass is 32.2. The van der Waals surface area contributed by atoms with Crippen LogP contribution in [0, 0.1) is 18.4 Å². The van der Waals surface area contributed by atoms with Crippen LogP contribution in [0.1, 0.15) is 5.56 Å². The van der Waals surface area contributed by atoms with Crippen molar-refractivity contribution < 1.29 is 8.42 Å². The predicted octanol–water partition coefficient (Wildman–Crippen LogP) is 3.16. The van der Waals surface area contributed by atoms with E-state index in [1.165, 1.54) is 11.5 Å². The molecule has 4 heteroatoms. The lowest BCUT2D eigenvalue weighted by atomic mass is 10.2. The summed E-state index contributed by atoms with van der Waals surface area (Å²) in [6.07, 6.45) is 1.42. The molecule has 0 saturated heterocycles. The van der Waals surface area contributed by atoms with Crippen LogP contribution >= 0.6 is 0 Å². The molecule has 2 nitrogen and oxygen atoms in total. The Morgan fingerprint density at radius 1 is 1.11 bits per heavy atom. The summed E-state index contributed by atoms with van der Waals surface area (Å²) >= 11 is 0. The Hall–Kier alpha value is -1.31. The van der Waals surface area contributed by atoms with E-state index in [1.54, 1.807) is 24.3 Å². The summed E-state index contributed by atoms with van der Waals surface area (Å²) in [6, 6.07) is 6.80. The maximum atomic E-state index is 11.9. The summed E-state index contributed by atoms with van der Waals surface area (Å²) in [4.78, 5) is 0.305. The summed E-state index contributed by atoms with van der Waals surface area (Å²) < 4.78 is 23.8. The molecule has 1 aromatic carbocycles. The van der Waals surface area contributed by atoms with Crippen LogP contribution in [0.2, 0.25) is 19.6 Å². The highest BCUT2D eigenvalue weighted by Crippen LogP contribution is 2.12. The van der Waals surface area contributed by atoms with Gasteiger partial charge in [-0.25, -0.2) is 8.42 Å². The molecule has 0 atom stereocenters. The highest BCUT2D eigenvalue weighted by molar-refractivity contribution is 7.94. The molecule has 96 valence electrons. The van der Waals surface area contributed by atoms with Crippen molar-refractivity contribution in [2.75, 3.05) is 0 Å². The van der Waals surface area contributed by atoms with E-state index in [0.29, 0.717) is 4.90 Å². The molecule has 0 N–H and O–H groups in total. The second kappa shape index (κ2) is 5.55. The third kappa shape index (κ3) is 4.90. The van der Waals surface area contributed by atoms with E-state index in [4.69, 9.17) is 0 Å². The molecule has 0 aliphatic rings. The summed E-state index contributed by atoms with van der Waals surface area (Å²) in [6.45, 7) is 8.26. The molecule has 0 amide bonds. The fourth-order valence-electron chi connectivity index (χ4n) is 1.19. The minimum atomic E-state index is -3.36. The quantitative estimate of drug-likeness (QED) is 0.615. The van der Waals surface area contributed by atoms with Gasteiger partial charge in [0.25, 0.3) is 0 Å². The van der Waals surface area contributed by atoms with Crippen molar-refractivity contribution in [1.29, 1.82) is 0 Å². The Balaban J connectivity index is 2.92. The second-order valence-electron chi connectivity index (χ2n) is 5.18. The average Bonchev–Trinajstić information content (AvgIpc) is 2.24. The van der Waals surface area contributed by atoms with E-state index in [1.807, 2.05) is 6.92 Å². The molecule has 0 saturated carbocycles. The van der Waals surface area contributed by atoms with Crippen molar-refractivity contribution in [3.63, 3.8) is 0 Å². The van der Waals surface area contributed by atoms with Gasteiger partial charge in [0.05, 0.1) is 4.90 Å². The average molecular weight is 278 g/mol. The number of sulfone groups is 1. The molecule has 0 fully saturated rings. The van der Waals surface area contributed by atoms with E-state index in [0.717, 1.165) is 5.56 Å². The lowest BCUT2D eigenvalue weighted by Gasteiger charge is -2.02. The predicted molar refractivity (Wildman–Crippen MR) is 78.6 cm³/mol. The van der Waals surface area contributed by atoms with Crippen LogP contribution in [-0.2, 0) is 9.84 Å². The van der Waals surface area contributed by atoms with Gasteiger partial charge >= 0.3 is 0 Å². The largest absolute Gasteiger partial charge is 0.219 e. The first-order chi connectivity index (χ1) is 8.21. The molecule has 0 aromatic heterocycles. The third-order valence-corrected chi connectivity index (χ3v) is 4.45. The first-order valence-corrected chi connectivity index (χ1v) is 10.8. The van der Waals surface area contributed by atoms with Crippen molar-refractivity contribution >= 4 is 17.9 Å². The molecule has 0 aliphatic heterocycles. The molecular formula is C14H18O2SSi. The minimum Gasteiger partial charge on any atom is -0.219 e. The maximum Gasteiger partial charge on any atom is 0.200 e. The standard InChI is InChI=1S/C14H18O2SSi/c1-13-7-9-14(10-8-13)17(15,16)11-5-6-12-18(2,3)4/h5,7-11H,1-4H3/b11-5+. The normalized spacial score (nSPS) is 12.2. The molecule has 0 aliphatic carbocycles. The highest BCUT2D eigenvalue weighted by Gasteiger charge is 2.09. The van der Waals surface area contributed by atoms with Gasteiger partial charge in [-0.05, 0) is 25.1 Å². The minimum absolute atomic E-state index is 0.305. The lowest BCUT2D eigenvalue weighted by molar-refractivity contribution is 0.604. The topological polar surface area (TPSA) is 34.1 Å². The number of hydrogen-bond donors (Lipinski definition) is 0. The Bertz CT molecular complexity index is 594. The van der Waals surface area contributed by atoms with Gasteiger partial charge in [0.1, 0.15) is 8.07 Å². The molecule has 18 heavy (non-hydrogen) atoms. The molecular weight excluding hydrogens is 260 g/mol. The van der Waals surface area contributed by atoms with Crippen LogP contribution in [0.4, 0.5) is 0 Å². The first-order valence-electron chi connectivity index (χ1n) is 5.72.